The minimum absolute atomic E-state index is 0.00904. The number of aliphatic hydroxyl groups excluding tert-OH is 1. The van der Waals surface area contributed by atoms with Gasteiger partial charge in [-0.1, -0.05) is 6.42 Å². The number of imide groups is 1. The Morgan fingerprint density at radius 2 is 1.43 bits per heavy atom. The summed E-state index contributed by atoms with van der Waals surface area (Å²) in [6.45, 7) is -0.279. The predicted octanol–water partition coefficient (Wildman–Crippen LogP) is -3.83. The highest BCUT2D eigenvalue weighted by Crippen LogP contribution is 2.26. The van der Waals surface area contributed by atoms with Crippen LogP contribution in [0.3, 0.4) is 0 Å². The fourth-order valence-corrected chi connectivity index (χ4v) is 6.07. The number of urea groups is 1. The van der Waals surface area contributed by atoms with Gasteiger partial charge in [0.1, 0.15) is 24.4 Å². The summed E-state index contributed by atoms with van der Waals surface area (Å²) >= 11 is 4.61. The van der Waals surface area contributed by atoms with E-state index in [-0.39, 0.29) is 37.4 Å². The summed E-state index contributed by atoms with van der Waals surface area (Å²) in [4.78, 5) is 119. The van der Waals surface area contributed by atoms with Crippen LogP contribution in [-0.4, -0.2) is 161 Å². The molecule has 0 spiro atoms. The van der Waals surface area contributed by atoms with E-state index in [1.165, 1.54) is 0 Å². The molecule has 25 heteroatoms. The quantitative estimate of drug-likeness (QED) is 0.0163. The van der Waals surface area contributed by atoms with Gasteiger partial charge in [0.25, 0.3) is 0 Å². The van der Waals surface area contributed by atoms with Crippen molar-refractivity contribution >= 4 is 83.9 Å². The first kappa shape index (κ1) is 47.3. The molecule has 0 aromatic carbocycles. The number of aliphatic hydroxyl groups is 1. The van der Waals surface area contributed by atoms with Gasteiger partial charge < -0.3 is 57.6 Å². The third-order valence-corrected chi connectivity index (χ3v) is 9.27. The van der Waals surface area contributed by atoms with E-state index in [9.17, 15) is 58.2 Å². The van der Waals surface area contributed by atoms with Gasteiger partial charge in [0.15, 0.2) is 0 Å². The molecule has 0 aromatic rings. The Bertz CT molecular complexity index is 1410. The summed E-state index contributed by atoms with van der Waals surface area (Å²) in [5, 5.41) is 65.9. The number of hydrogen-bond acceptors (Lipinski definition) is 15. The van der Waals surface area contributed by atoms with Gasteiger partial charge in [-0.3, -0.25) is 39.0 Å². The molecule has 23 nitrogen and oxygen atoms in total. The number of carbonyl (C=O) groups excluding carboxylic acids is 5. The van der Waals surface area contributed by atoms with E-state index in [0.717, 1.165) is 16.7 Å². The number of thioether (sulfide) groups is 1. The van der Waals surface area contributed by atoms with Crippen LogP contribution in [0.15, 0.2) is 0 Å². The number of nitrogens with zero attached hydrogens (tertiary/aromatic N) is 1. The van der Waals surface area contributed by atoms with Crippen molar-refractivity contribution in [2.24, 2.45) is 5.73 Å². The Kier molecular flexibility index (Phi) is 20.9. The molecule has 13 N–H and O–H groups in total. The molecule has 1 aliphatic rings. The third kappa shape index (κ3) is 17.4. The van der Waals surface area contributed by atoms with Crippen LogP contribution in [-0.2, 0) is 43.2 Å². The first-order valence-electron chi connectivity index (χ1n) is 16.3. The molecular formula is C29H45N7O16S2. The summed E-state index contributed by atoms with van der Waals surface area (Å²) in [5.74, 6) is -10.4. The zero-order chi connectivity index (χ0) is 41.1. The van der Waals surface area contributed by atoms with Gasteiger partial charge in [-0.2, -0.15) is 12.6 Å². The van der Waals surface area contributed by atoms with Crippen molar-refractivity contribution in [3.63, 3.8) is 0 Å². The molecule has 1 heterocycles. The molecule has 54 heavy (non-hydrogen) atoms. The van der Waals surface area contributed by atoms with Gasteiger partial charge in [-0.05, 0) is 19.3 Å². The van der Waals surface area contributed by atoms with Crippen LogP contribution < -0.4 is 32.3 Å². The molecule has 2 unspecified atom stereocenters. The van der Waals surface area contributed by atoms with E-state index >= 15 is 0 Å². The first-order chi connectivity index (χ1) is 25.3. The lowest BCUT2D eigenvalue weighted by atomic mass is 10.1. The molecule has 7 atom stereocenters. The zero-order valence-electron chi connectivity index (χ0n) is 28.7. The van der Waals surface area contributed by atoms with Gasteiger partial charge in [-0.25, -0.2) is 19.2 Å². The fraction of sp³-hybridized carbons (Fsp3) is 0.655. The summed E-state index contributed by atoms with van der Waals surface area (Å²) < 4.78 is 0. The summed E-state index contributed by atoms with van der Waals surface area (Å²) in [5.41, 5.74) is 5.85. The van der Waals surface area contributed by atoms with E-state index in [4.69, 9.17) is 26.2 Å². The predicted molar refractivity (Wildman–Crippen MR) is 187 cm³/mol. The van der Waals surface area contributed by atoms with Crippen LogP contribution in [0.1, 0.15) is 51.4 Å². The number of nitrogens with one attached hydrogen (secondary N) is 5. The maximum atomic E-state index is 12.8. The van der Waals surface area contributed by atoms with Crippen LogP contribution >= 0.6 is 24.4 Å². The topological polar surface area (TPSA) is 381 Å². The number of nitrogens with two attached hydrogens (primary N) is 1. The Balaban J connectivity index is 2.49. The highest BCUT2D eigenvalue weighted by Gasteiger charge is 2.39. The first-order valence-corrected chi connectivity index (χ1v) is 18.0. The Labute approximate surface area is 316 Å². The largest absolute Gasteiger partial charge is 0.481 e. The Morgan fingerprint density at radius 3 is 1.98 bits per heavy atom. The number of unbranched alkanes of at least 4 members (excludes halogenated alkanes) is 2. The van der Waals surface area contributed by atoms with Crippen LogP contribution in [0, 0.1) is 0 Å². The molecule has 0 bridgehead atoms. The van der Waals surface area contributed by atoms with Crippen molar-refractivity contribution < 1.29 is 78.6 Å². The molecule has 0 aliphatic carbocycles. The van der Waals surface area contributed by atoms with Crippen LogP contribution in [0.5, 0.6) is 0 Å². The second-order valence-corrected chi connectivity index (χ2v) is 13.5. The van der Waals surface area contributed by atoms with Crippen molar-refractivity contribution in [3.05, 3.63) is 0 Å². The summed E-state index contributed by atoms with van der Waals surface area (Å²) in [6.07, 6.45) is -2.73. The monoisotopic (exact) mass is 811 g/mol. The van der Waals surface area contributed by atoms with Crippen molar-refractivity contribution in [2.75, 3.05) is 24.6 Å². The summed E-state index contributed by atoms with van der Waals surface area (Å²) in [7, 11) is 0. The molecule has 0 radical (unpaired) electrons. The standard InChI is InChI=1S/C29H45N7O16S2/c30-13(23(43)32-15(8-22(41)42)24(44)33-16(11-53)27(48)49)10-31-19(37)4-2-1-3-7-36-20(38)9-18(25(36)45)54-12-17(28(50)51)35-29(52)34-14(26(46)47)5-6-21(39)40/h13-18,23,32,43,53H,1-12,30H2,(H,31,37)(H,33,44)(H,39,40)(H,41,42)(H,46,47)(H,48,49)(H,50,51)(H2,34,35,52)/t13-,14-,15-,16-,17-,18?,23?/m0/s1. The van der Waals surface area contributed by atoms with Crippen LogP contribution in [0.2, 0.25) is 0 Å². The van der Waals surface area contributed by atoms with Gasteiger partial charge in [0, 0.05) is 43.9 Å². The number of carboxylic acids is 5. The second kappa shape index (κ2) is 23.8. The van der Waals surface area contributed by atoms with Crippen molar-refractivity contribution in [1.29, 1.82) is 0 Å². The normalized spacial score (nSPS) is 17.3. The van der Waals surface area contributed by atoms with Crippen molar-refractivity contribution in [3.8, 4) is 0 Å². The maximum absolute atomic E-state index is 12.8. The van der Waals surface area contributed by atoms with Crippen molar-refractivity contribution in [2.45, 2.75) is 93.1 Å². The van der Waals surface area contributed by atoms with Gasteiger partial charge in [0.05, 0.1) is 23.8 Å². The van der Waals surface area contributed by atoms with Gasteiger partial charge in [0.2, 0.25) is 23.6 Å². The number of aliphatic carboxylic acids is 5. The summed E-state index contributed by atoms with van der Waals surface area (Å²) in [6, 6.07) is -8.57. The molecular weight excluding hydrogens is 766 g/mol. The minimum atomic E-state index is -1.68. The van der Waals surface area contributed by atoms with E-state index in [0.29, 0.717) is 19.3 Å². The van der Waals surface area contributed by atoms with Gasteiger partial charge in [-0.15, -0.1) is 11.8 Å². The third-order valence-electron chi connectivity index (χ3n) is 7.61. The number of carbonyl (C=O) groups is 10. The number of rotatable bonds is 27. The number of amides is 6. The number of likely N-dealkylation sites (tertiary alicyclic amines) is 1. The molecule has 1 aliphatic heterocycles. The van der Waals surface area contributed by atoms with E-state index < -0.39 is 120 Å². The molecule has 0 saturated carbocycles. The molecule has 0 aromatic heterocycles. The van der Waals surface area contributed by atoms with E-state index in [1.807, 2.05) is 5.32 Å². The lowest BCUT2D eigenvalue weighted by molar-refractivity contribution is -0.143. The number of carboxylic acid groups (broad SMARTS) is 5. The molecule has 304 valence electrons. The zero-order valence-corrected chi connectivity index (χ0v) is 30.4. The van der Waals surface area contributed by atoms with Crippen LogP contribution in [0.25, 0.3) is 0 Å². The molecule has 1 saturated heterocycles. The number of thiol groups is 1. The maximum Gasteiger partial charge on any atom is 0.327 e. The number of hydrogen-bond donors (Lipinski definition) is 13. The minimum Gasteiger partial charge on any atom is -0.481 e. The highest BCUT2D eigenvalue weighted by atomic mass is 32.2. The Hall–Kier alpha value is -4.72. The second-order valence-electron chi connectivity index (χ2n) is 11.9. The van der Waals surface area contributed by atoms with Gasteiger partial charge >= 0.3 is 35.9 Å². The lowest BCUT2D eigenvalue weighted by Crippen LogP contribution is -2.59. The SMILES string of the molecule is N[C@@H](CNC(=O)CCCCCN1C(=O)CC(SC[C@H](NC(=O)N[C@@H](CCC(=O)O)C(=O)O)C(=O)O)C1=O)C(O)N[C@@H](CC(=O)O)C(=O)N[C@@H](CS)C(=O)O. The highest BCUT2D eigenvalue weighted by molar-refractivity contribution is 8.00. The smallest absolute Gasteiger partial charge is 0.327 e. The molecule has 1 rings (SSSR count). The molecule has 1 fully saturated rings. The molecule has 6 amide bonds. The fourth-order valence-electron chi connectivity index (χ4n) is 4.64. The van der Waals surface area contributed by atoms with E-state index in [1.54, 1.807) is 0 Å². The Morgan fingerprint density at radius 1 is 0.815 bits per heavy atom. The van der Waals surface area contributed by atoms with Crippen LogP contribution in [0.4, 0.5) is 4.79 Å². The average molecular weight is 812 g/mol. The lowest BCUT2D eigenvalue weighted by Gasteiger charge is -2.26. The average Bonchev–Trinajstić information content (AvgIpc) is 3.35. The van der Waals surface area contributed by atoms with E-state index in [2.05, 4.69) is 33.9 Å². The van der Waals surface area contributed by atoms with Crippen molar-refractivity contribution in [1.82, 2.24) is 31.5 Å².